The second-order valence-electron chi connectivity index (χ2n) is 2.39. The van der Waals surface area contributed by atoms with E-state index in [1.54, 1.807) is 6.08 Å². The van der Waals surface area contributed by atoms with Gasteiger partial charge in [-0.05, 0) is 17.7 Å². The van der Waals surface area contributed by atoms with Crippen molar-refractivity contribution in [2.24, 2.45) is 0 Å². The molecule has 0 radical (unpaired) electrons. The average molecular weight is 166 g/mol. The normalized spacial score (nSPS) is 10.5. The predicted octanol–water partition coefficient (Wildman–Crippen LogP) is 1.74. The van der Waals surface area contributed by atoms with Gasteiger partial charge in [-0.3, -0.25) is 0 Å². The second kappa shape index (κ2) is 4.57. The fourth-order valence-electron chi connectivity index (χ4n) is 0.837. The van der Waals surface area contributed by atoms with Gasteiger partial charge in [-0.2, -0.15) is 0 Å². The van der Waals surface area contributed by atoms with E-state index in [2.05, 4.69) is 11.7 Å². The van der Waals surface area contributed by atoms with Crippen molar-refractivity contribution in [1.29, 1.82) is 1.43 Å². The zero-order chi connectivity index (χ0) is 9.52. The molecule has 0 aliphatic carbocycles. The third-order valence-corrected chi connectivity index (χ3v) is 1.46. The summed E-state index contributed by atoms with van der Waals surface area (Å²) < 4.78 is 11.8. The lowest BCUT2D eigenvalue weighted by Gasteiger charge is -2.02. The molecule has 1 aromatic carbocycles. The summed E-state index contributed by atoms with van der Waals surface area (Å²) in [6.07, 6.45) is 1.70. The topological polar surface area (TPSA) is 29.5 Å². The molecule has 0 saturated carbocycles. The third-order valence-electron chi connectivity index (χ3n) is 1.46. The predicted molar refractivity (Wildman–Crippen MR) is 48.1 cm³/mol. The molecule has 2 heteroatoms. The van der Waals surface area contributed by atoms with Gasteiger partial charge in [-0.15, -0.1) is 0 Å². The monoisotopic (exact) mass is 166 g/mol. The molecule has 0 bridgehead atoms. The van der Waals surface area contributed by atoms with Crippen molar-refractivity contribution in [2.45, 2.75) is 6.61 Å². The van der Waals surface area contributed by atoms with E-state index in [4.69, 9.17) is 6.17 Å². The van der Waals surface area contributed by atoms with E-state index in [1.165, 1.54) is 0 Å². The maximum atomic E-state index is 6.56. The lowest BCUT2D eigenvalue weighted by molar-refractivity contribution is 0.281. The molecule has 12 heavy (non-hydrogen) atoms. The molecule has 0 heterocycles. The van der Waals surface area contributed by atoms with Gasteiger partial charge >= 0.3 is 0 Å². The molecule has 64 valence electrons. The van der Waals surface area contributed by atoms with E-state index < -0.39 is 0 Å². The van der Waals surface area contributed by atoms with Crippen LogP contribution in [0.15, 0.2) is 36.9 Å². The summed E-state index contributed by atoms with van der Waals surface area (Å²) in [7, 11) is 0. The number of hydrogen-bond acceptors (Lipinski definition) is 2. The van der Waals surface area contributed by atoms with Crippen LogP contribution in [0.1, 0.15) is 5.56 Å². The maximum Gasteiger partial charge on any atom is 0.211 e. The minimum absolute atomic E-state index is 0.307. The van der Waals surface area contributed by atoms with E-state index >= 15 is 0 Å². The highest BCUT2D eigenvalue weighted by molar-refractivity contribution is 5.26. The highest BCUT2D eigenvalue weighted by Gasteiger charge is 1.91. The lowest BCUT2D eigenvalue weighted by atomic mass is 10.2. The van der Waals surface area contributed by atoms with Crippen molar-refractivity contribution in [1.82, 2.24) is 0 Å². The van der Waals surface area contributed by atoms with Crippen molar-refractivity contribution in [3.63, 3.8) is 0 Å². The first-order valence-electron chi connectivity index (χ1n) is 4.18. The fourth-order valence-corrected chi connectivity index (χ4v) is 0.837. The third kappa shape index (κ3) is 2.40. The minimum atomic E-state index is 0.307. The largest absolute Gasteiger partial charge is 0.490 e. The molecule has 0 aliphatic rings. The number of hydrogen-bond donors (Lipinski definition) is 1. The standard InChI is InChI=1S/C10H12O2/c1-2-7-12-10-5-3-9(8-11)4-6-10/h2-6,11H,1,7-8H2/i11T. The van der Waals surface area contributed by atoms with Crippen LogP contribution >= 0.6 is 0 Å². The lowest BCUT2D eigenvalue weighted by Crippen LogP contribution is -1.92. The Morgan fingerprint density at radius 1 is 1.50 bits per heavy atom. The van der Waals surface area contributed by atoms with E-state index in [-0.39, 0.29) is 0 Å². The van der Waals surface area contributed by atoms with Crippen LogP contribution in [0.2, 0.25) is 0 Å². The first kappa shape index (κ1) is 7.37. The van der Waals surface area contributed by atoms with Gasteiger partial charge in [0.15, 0.2) is 0 Å². The molecular weight excluding hydrogens is 152 g/mol. The Labute approximate surface area is 73.6 Å². The van der Waals surface area contributed by atoms with Crippen LogP contribution in [0.25, 0.3) is 0 Å². The Kier molecular flexibility index (Phi) is 2.81. The zero-order valence-electron chi connectivity index (χ0n) is 7.82. The van der Waals surface area contributed by atoms with E-state index in [1.807, 2.05) is 24.3 Å². The van der Waals surface area contributed by atoms with Gasteiger partial charge in [0, 0.05) is 0 Å². The van der Waals surface area contributed by atoms with E-state index in [9.17, 15) is 0 Å². The maximum absolute atomic E-state index is 6.56. The molecule has 0 spiro atoms. The summed E-state index contributed by atoms with van der Waals surface area (Å²) >= 11 is 0. The van der Waals surface area contributed by atoms with Crippen molar-refractivity contribution in [3.8, 4) is 5.75 Å². The SMILES string of the molecule is [3H]OCc1ccc(OCC=C)cc1. The molecule has 0 saturated heterocycles. The molecule has 0 atom stereocenters. The van der Waals surface area contributed by atoms with Gasteiger partial charge in [-0.25, -0.2) is 0 Å². The number of benzene rings is 1. The van der Waals surface area contributed by atoms with Crippen molar-refractivity contribution in [3.05, 3.63) is 42.5 Å². The summed E-state index contributed by atoms with van der Waals surface area (Å²) in [6.45, 7) is 4.37. The van der Waals surface area contributed by atoms with Gasteiger partial charge in [-0.1, -0.05) is 24.8 Å². The summed E-state index contributed by atoms with van der Waals surface area (Å²) in [5, 5.41) is 4.24. The molecule has 1 N–H and O–H groups in total. The Balaban J connectivity index is 2.53. The zero-order valence-corrected chi connectivity index (χ0v) is 6.82. The fraction of sp³-hybridized carbons (Fsp3) is 0.200. The van der Waals surface area contributed by atoms with Crippen LogP contribution in [0, 0.1) is 0 Å². The highest BCUT2D eigenvalue weighted by Crippen LogP contribution is 2.11. The van der Waals surface area contributed by atoms with Crippen molar-refractivity contribution < 1.29 is 9.85 Å². The molecule has 0 aromatic heterocycles. The van der Waals surface area contributed by atoms with Gasteiger partial charge in [0.1, 0.15) is 12.4 Å². The number of aliphatic hydroxyl groups excluding tert-OH is 1. The minimum Gasteiger partial charge on any atom is -0.490 e. The average Bonchev–Trinajstić information content (AvgIpc) is 2.17. The van der Waals surface area contributed by atoms with Crippen LogP contribution in [0.4, 0.5) is 0 Å². The Morgan fingerprint density at radius 3 is 2.83 bits per heavy atom. The Hall–Kier alpha value is -1.28. The van der Waals surface area contributed by atoms with Gasteiger partial charge in [0.25, 0.3) is 0 Å². The van der Waals surface area contributed by atoms with Crippen LogP contribution in [-0.4, -0.2) is 13.1 Å². The Bertz CT molecular complexity index is 256. The van der Waals surface area contributed by atoms with Gasteiger partial charge in [0.2, 0.25) is 1.43 Å². The summed E-state index contributed by atoms with van der Waals surface area (Å²) in [5.41, 5.74) is 0.959. The Morgan fingerprint density at radius 2 is 2.25 bits per heavy atom. The van der Waals surface area contributed by atoms with Crippen molar-refractivity contribution in [2.75, 3.05) is 6.61 Å². The summed E-state index contributed by atoms with van der Waals surface area (Å²) in [6, 6.07) is 7.43. The molecular formula is C10H12O2. The van der Waals surface area contributed by atoms with Crippen molar-refractivity contribution >= 4 is 0 Å². The van der Waals surface area contributed by atoms with E-state index in [0.717, 1.165) is 11.3 Å². The summed E-state index contributed by atoms with van der Waals surface area (Å²) in [4.78, 5) is 0. The van der Waals surface area contributed by atoms with E-state index in [0.29, 0.717) is 13.2 Å². The van der Waals surface area contributed by atoms with Crippen LogP contribution in [-0.2, 0) is 6.61 Å². The smallest absolute Gasteiger partial charge is 0.211 e. The van der Waals surface area contributed by atoms with Crippen LogP contribution < -0.4 is 4.74 Å². The molecule has 2 nitrogen and oxygen atoms in total. The first-order chi connectivity index (χ1) is 6.36. The quantitative estimate of drug-likeness (QED) is 0.675. The molecule has 0 fully saturated rings. The first-order valence-corrected chi connectivity index (χ1v) is 3.77. The molecule has 0 unspecified atom stereocenters. The highest BCUT2D eigenvalue weighted by atomic mass is 16.5. The molecule has 1 aromatic rings. The van der Waals surface area contributed by atoms with Crippen LogP contribution in [0.3, 0.4) is 0 Å². The van der Waals surface area contributed by atoms with Gasteiger partial charge < -0.3 is 9.85 Å². The van der Waals surface area contributed by atoms with Crippen LogP contribution in [0.5, 0.6) is 5.75 Å². The second-order valence-corrected chi connectivity index (χ2v) is 2.39. The molecule has 0 amide bonds. The molecule has 0 aliphatic heterocycles. The van der Waals surface area contributed by atoms with Gasteiger partial charge in [0.05, 0.1) is 6.61 Å². The number of ether oxygens (including phenoxy) is 1. The summed E-state index contributed by atoms with van der Waals surface area (Å²) in [5.74, 6) is 0.800. The number of rotatable bonds is 5. The molecule has 1 rings (SSSR count). The number of aliphatic hydroxyl groups is 1.